The highest BCUT2D eigenvalue weighted by Gasteiger charge is 2.34. The minimum Gasteiger partial charge on any atom is -0.497 e. The molecule has 9 nitrogen and oxygen atoms in total. The highest BCUT2D eigenvalue weighted by Crippen LogP contribution is 2.35. The number of hydrogen-bond donors (Lipinski definition) is 1. The number of halogens is 2. The lowest BCUT2D eigenvalue weighted by Crippen LogP contribution is -2.24. The summed E-state index contributed by atoms with van der Waals surface area (Å²) in [5.74, 6) is -1.54. The molecule has 0 spiro atoms. The van der Waals surface area contributed by atoms with Crippen LogP contribution in [0.5, 0.6) is 11.5 Å². The van der Waals surface area contributed by atoms with Gasteiger partial charge < -0.3 is 24.4 Å². The van der Waals surface area contributed by atoms with Crippen LogP contribution in [-0.4, -0.2) is 46.6 Å². The fourth-order valence-corrected chi connectivity index (χ4v) is 4.65. The Hall–Kier alpha value is -5.06. The Balaban J connectivity index is 0.00000226. The van der Waals surface area contributed by atoms with Gasteiger partial charge in [-0.3, -0.25) is 4.79 Å². The summed E-state index contributed by atoms with van der Waals surface area (Å²) < 4.78 is 45.7. The average Bonchev–Trinajstić information content (AvgIpc) is 3.32. The number of fused-ring (bicyclic) bond motifs is 1. The molecular formula is C34H36F2N4O5. The van der Waals surface area contributed by atoms with Crippen LogP contribution in [0, 0.1) is 11.6 Å². The van der Waals surface area contributed by atoms with E-state index < -0.39 is 28.8 Å². The lowest BCUT2D eigenvalue weighted by atomic mass is 10.1. The first-order chi connectivity index (χ1) is 21.5. The van der Waals surface area contributed by atoms with E-state index in [9.17, 15) is 18.4 Å². The highest BCUT2D eigenvalue weighted by molar-refractivity contribution is 6.03. The van der Waals surface area contributed by atoms with Crippen LogP contribution >= 0.6 is 0 Å². The average molecular weight is 619 g/mol. The summed E-state index contributed by atoms with van der Waals surface area (Å²) in [7, 11) is 3.07. The van der Waals surface area contributed by atoms with Crippen molar-refractivity contribution in [1.29, 1.82) is 0 Å². The largest absolute Gasteiger partial charge is 0.497 e. The van der Waals surface area contributed by atoms with Gasteiger partial charge in [0.05, 0.1) is 44.1 Å². The minimum atomic E-state index is -0.836. The smallest absolute Gasteiger partial charge is 0.338 e. The molecule has 0 atom stereocenters. The van der Waals surface area contributed by atoms with Gasteiger partial charge in [-0.15, -0.1) is 0 Å². The zero-order chi connectivity index (χ0) is 32.9. The second kappa shape index (κ2) is 13.7. The standard InChI is InChI=1S/C32H30F2N4O5.C2H6/c1-32(2,3)43-31(40)18-9-12-20(13-10-18)35-29-27-24(36-28(37-29)26-22(33)7-6-8-23(26)34)17-38(30(27)39)16-19-11-14-21(41-4)15-25(19)42-5;1-2/h6-15H,16-17H2,1-5H3,(H,35,36,37);1-2H3. The lowest BCUT2D eigenvalue weighted by molar-refractivity contribution is 0.00694. The SMILES string of the molecule is CC.COc1ccc(CN2Cc3nc(-c4c(F)cccc4F)nc(Nc4ccc(C(=O)OC(C)(C)C)cc4)c3C2=O)c(OC)c1. The van der Waals surface area contributed by atoms with Gasteiger partial charge in [-0.2, -0.15) is 0 Å². The molecule has 45 heavy (non-hydrogen) atoms. The Kier molecular flexibility index (Phi) is 10.0. The predicted molar refractivity (Wildman–Crippen MR) is 167 cm³/mol. The van der Waals surface area contributed by atoms with Crippen LogP contribution in [0.15, 0.2) is 60.7 Å². The monoisotopic (exact) mass is 618 g/mol. The number of hydrogen-bond acceptors (Lipinski definition) is 8. The Labute approximate surface area is 261 Å². The number of carbonyl (C=O) groups is 2. The molecule has 1 aromatic heterocycles. The molecule has 0 saturated heterocycles. The van der Waals surface area contributed by atoms with Gasteiger partial charge in [0, 0.05) is 17.3 Å². The van der Waals surface area contributed by atoms with Crippen molar-refractivity contribution in [3.05, 3.63) is 94.7 Å². The van der Waals surface area contributed by atoms with E-state index in [2.05, 4.69) is 15.3 Å². The zero-order valence-corrected chi connectivity index (χ0v) is 26.3. The molecule has 11 heteroatoms. The molecule has 0 radical (unpaired) electrons. The van der Waals surface area contributed by atoms with E-state index in [0.29, 0.717) is 28.4 Å². The third-order valence-corrected chi connectivity index (χ3v) is 6.65. The van der Waals surface area contributed by atoms with Gasteiger partial charge in [0.25, 0.3) is 5.91 Å². The van der Waals surface area contributed by atoms with Crippen LogP contribution < -0.4 is 14.8 Å². The summed E-state index contributed by atoms with van der Waals surface area (Å²) in [6.45, 7) is 9.57. The number of rotatable bonds is 8. The van der Waals surface area contributed by atoms with E-state index >= 15 is 0 Å². The molecule has 1 N–H and O–H groups in total. The number of nitrogens with zero attached hydrogens (tertiary/aromatic N) is 3. The summed E-state index contributed by atoms with van der Waals surface area (Å²) in [5.41, 5.74) is 0.953. The number of benzene rings is 3. The van der Waals surface area contributed by atoms with E-state index in [1.165, 1.54) is 13.2 Å². The molecule has 2 heterocycles. The van der Waals surface area contributed by atoms with Crippen LogP contribution in [-0.2, 0) is 17.8 Å². The van der Waals surface area contributed by atoms with E-state index in [-0.39, 0.29) is 36.2 Å². The molecule has 1 amide bonds. The van der Waals surface area contributed by atoms with Gasteiger partial charge in [0.2, 0.25) is 0 Å². The molecule has 0 bridgehead atoms. The van der Waals surface area contributed by atoms with E-state index in [4.69, 9.17) is 14.2 Å². The van der Waals surface area contributed by atoms with Crippen LogP contribution in [0.2, 0.25) is 0 Å². The van der Waals surface area contributed by atoms with Crippen molar-refractivity contribution in [2.24, 2.45) is 0 Å². The summed E-state index contributed by atoms with van der Waals surface area (Å²) in [6, 6.07) is 15.1. The van der Waals surface area contributed by atoms with Crippen molar-refractivity contribution in [3.8, 4) is 22.9 Å². The zero-order valence-electron chi connectivity index (χ0n) is 26.3. The second-order valence-corrected chi connectivity index (χ2v) is 10.9. The van der Waals surface area contributed by atoms with Crippen molar-refractivity contribution in [2.45, 2.75) is 53.3 Å². The minimum absolute atomic E-state index is 0.0706. The molecule has 1 aliphatic heterocycles. The summed E-state index contributed by atoms with van der Waals surface area (Å²) in [5, 5.41) is 3.08. The molecular weight excluding hydrogens is 582 g/mol. The number of esters is 1. The molecule has 0 saturated carbocycles. The number of ether oxygens (including phenoxy) is 3. The Morgan fingerprint density at radius 2 is 1.60 bits per heavy atom. The van der Waals surface area contributed by atoms with Crippen LogP contribution in [0.4, 0.5) is 20.3 Å². The van der Waals surface area contributed by atoms with Gasteiger partial charge >= 0.3 is 5.97 Å². The van der Waals surface area contributed by atoms with Crippen molar-refractivity contribution in [3.63, 3.8) is 0 Å². The highest BCUT2D eigenvalue weighted by atomic mass is 19.1. The number of anilines is 2. The first kappa shape index (κ1) is 32.8. The number of amides is 1. The van der Waals surface area contributed by atoms with E-state index in [1.54, 1.807) is 75.2 Å². The summed E-state index contributed by atoms with van der Waals surface area (Å²) in [4.78, 5) is 36.6. The predicted octanol–water partition coefficient (Wildman–Crippen LogP) is 7.32. The molecule has 1 aliphatic rings. The van der Waals surface area contributed by atoms with Crippen molar-refractivity contribution < 1.29 is 32.6 Å². The van der Waals surface area contributed by atoms with Crippen LogP contribution in [0.25, 0.3) is 11.4 Å². The maximum absolute atomic E-state index is 14.8. The van der Waals surface area contributed by atoms with Gasteiger partial charge in [-0.05, 0) is 69.3 Å². The number of nitrogens with one attached hydrogen (secondary N) is 1. The molecule has 236 valence electrons. The molecule has 0 aliphatic carbocycles. The fourth-order valence-electron chi connectivity index (χ4n) is 4.65. The molecule has 5 rings (SSSR count). The Bertz CT molecular complexity index is 1680. The first-order valence-corrected chi connectivity index (χ1v) is 14.4. The first-order valence-electron chi connectivity index (χ1n) is 14.4. The van der Waals surface area contributed by atoms with Gasteiger partial charge in [0.1, 0.15) is 40.1 Å². The van der Waals surface area contributed by atoms with Crippen molar-refractivity contribution in [2.75, 3.05) is 19.5 Å². The number of carbonyl (C=O) groups excluding carboxylic acids is 2. The Morgan fingerprint density at radius 1 is 0.933 bits per heavy atom. The lowest BCUT2D eigenvalue weighted by Gasteiger charge is -2.19. The quantitative estimate of drug-likeness (QED) is 0.205. The third kappa shape index (κ3) is 7.36. The summed E-state index contributed by atoms with van der Waals surface area (Å²) in [6.07, 6.45) is 0. The third-order valence-electron chi connectivity index (χ3n) is 6.65. The molecule has 4 aromatic rings. The molecule has 0 fully saturated rings. The number of aromatic nitrogens is 2. The van der Waals surface area contributed by atoms with E-state index in [1.807, 2.05) is 13.8 Å². The van der Waals surface area contributed by atoms with Gasteiger partial charge in [0.15, 0.2) is 5.82 Å². The van der Waals surface area contributed by atoms with Crippen molar-refractivity contribution >= 4 is 23.4 Å². The van der Waals surface area contributed by atoms with Crippen molar-refractivity contribution in [1.82, 2.24) is 14.9 Å². The molecule has 3 aromatic carbocycles. The maximum atomic E-state index is 14.8. The Morgan fingerprint density at radius 3 is 2.20 bits per heavy atom. The van der Waals surface area contributed by atoms with Gasteiger partial charge in [-0.1, -0.05) is 19.9 Å². The second-order valence-electron chi connectivity index (χ2n) is 10.9. The van der Waals surface area contributed by atoms with E-state index in [0.717, 1.165) is 17.7 Å². The fraction of sp³-hybridized carbons (Fsp3) is 0.294. The topological polar surface area (TPSA) is 103 Å². The normalized spacial score (nSPS) is 12.2. The summed E-state index contributed by atoms with van der Waals surface area (Å²) >= 11 is 0. The van der Waals surface area contributed by atoms with Crippen LogP contribution in [0.1, 0.15) is 66.6 Å². The number of methoxy groups -OCH3 is 2. The van der Waals surface area contributed by atoms with Crippen LogP contribution in [0.3, 0.4) is 0 Å². The maximum Gasteiger partial charge on any atom is 0.338 e. The molecule has 0 unspecified atom stereocenters. The van der Waals surface area contributed by atoms with Gasteiger partial charge in [-0.25, -0.2) is 23.5 Å².